The molecule has 9 nitrogen and oxygen atoms in total. The number of imidazole rings is 1. The highest BCUT2D eigenvalue weighted by atomic mass is 19.1. The number of phenols is 1. The fourth-order valence-electron chi connectivity index (χ4n) is 5.54. The van der Waals surface area contributed by atoms with Gasteiger partial charge >= 0.3 is 0 Å². The number of rotatable bonds is 5. The number of likely N-dealkylation sites (N-methyl/N-ethyl adjacent to an activating group) is 2. The number of nitrogens with zero attached hydrogens (tertiary/aromatic N) is 5. The molecule has 198 valence electrons. The van der Waals surface area contributed by atoms with Crippen molar-refractivity contribution in [2.24, 2.45) is 0 Å². The van der Waals surface area contributed by atoms with E-state index in [0.717, 1.165) is 52.1 Å². The second-order valence-corrected chi connectivity index (χ2v) is 10.7. The fourth-order valence-corrected chi connectivity index (χ4v) is 5.54. The van der Waals surface area contributed by atoms with E-state index in [1.54, 1.807) is 0 Å². The van der Waals surface area contributed by atoms with Crippen LogP contribution in [0.3, 0.4) is 0 Å². The van der Waals surface area contributed by atoms with Gasteiger partial charge < -0.3 is 19.9 Å². The zero-order valence-electron chi connectivity index (χ0n) is 22.0. The molecular weight excluding hydrogens is 485 g/mol. The Bertz CT molecular complexity index is 1540. The van der Waals surface area contributed by atoms with Crippen LogP contribution < -0.4 is 0 Å². The smallest absolute Gasteiger partial charge is 0.240 e. The van der Waals surface area contributed by atoms with Crippen LogP contribution in [0.2, 0.25) is 0 Å². The number of nitrogens with one attached hydrogen (secondary N) is 2. The first-order valence-corrected chi connectivity index (χ1v) is 13.0. The summed E-state index contributed by atoms with van der Waals surface area (Å²) < 4.78 is 14.1. The molecule has 0 spiro atoms. The van der Waals surface area contributed by atoms with E-state index >= 15 is 0 Å². The first kappa shape index (κ1) is 24.6. The molecule has 0 aliphatic carbocycles. The number of aromatic hydroxyl groups is 1. The molecule has 2 aromatic carbocycles. The van der Waals surface area contributed by atoms with Gasteiger partial charge in [-0.05, 0) is 68.5 Å². The van der Waals surface area contributed by atoms with E-state index < -0.39 is 5.82 Å². The van der Waals surface area contributed by atoms with Gasteiger partial charge in [-0.15, -0.1) is 0 Å². The lowest BCUT2D eigenvalue weighted by Crippen LogP contribution is -2.63. The third-order valence-corrected chi connectivity index (χ3v) is 8.03. The Morgan fingerprint density at radius 3 is 2.76 bits per heavy atom. The predicted octanol–water partition coefficient (Wildman–Crippen LogP) is 3.16. The molecule has 0 unspecified atom stereocenters. The van der Waals surface area contributed by atoms with Crippen molar-refractivity contribution < 1.29 is 14.3 Å². The van der Waals surface area contributed by atoms with Crippen LogP contribution in [0.15, 0.2) is 30.3 Å². The van der Waals surface area contributed by atoms with Gasteiger partial charge in [0.25, 0.3) is 0 Å². The van der Waals surface area contributed by atoms with Gasteiger partial charge in [0, 0.05) is 37.5 Å². The van der Waals surface area contributed by atoms with Crippen LogP contribution in [0, 0.1) is 5.82 Å². The van der Waals surface area contributed by atoms with Gasteiger partial charge in [0.15, 0.2) is 17.4 Å². The minimum atomic E-state index is -0.642. The number of likely N-dealkylation sites (tertiary alicyclic amines) is 1. The number of hydrogen-bond donors (Lipinski definition) is 3. The monoisotopic (exact) mass is 517 g/mol. The topological polar surface area (TPSA) is 104 Å². The van der Waals surface area contributed by atoms with E-state index in [4.69, 9.17) is 4.98 Å². The molecular formula is C28H32FN7O2. The average molecular weight is 518 g/mol. The number of H-pyrrole nitrogens is 2. The maximum atomic E-state index is 14.1. The van der Waals surface area contributed by atoms with Crippen molar-refractivity contribution in [2.45, 2.75) is 38.4 Å². The number of carbonyl (C=O) groups is 1. The Kier molecular flexibility index (Phi) is 5.96. The molecule has 38 heavy (non-hydrogen) atoms. The Labute approximate surface area is 220 Å². The standard InChI is InChI=1S/C28H32FN7O2/c1-5-15-9-25(37)20(29)10-19(15)16-6-7-18-21(8-16)32-33-26(18)27-30-22-11-24(35(4)14-23(22)31-27)28(38)36-12-17(13-36)34(2)3/h6-10,17,24,37H,5,11-14H2,1-4H3,(H,30,31)(H,32,33)/t24-/m0/s1. The number of aryl methyl sites for hydroxylation is 1. The maximum absolute atomic E-state index is 14.1. The van der Waals surface area contributed by atoms with Crippen LogP contribution in [0.4, 0.5) is 4.39 Å². The quantitative estimate of drug-likeness (QED) is 0.376. The molecule has 2 aromatic heterocycles. The third kappa shape index (κ3) is 4.04. The SMILES string of the molecule is CCc1cc(O)c(F)cc1-c1ccc2c(-c3nc4c([nH]3)CN(C)[C@H](C(=O)N3CC(N(C)C)C3)C4)n[nH]c2c1. The number of benzene rings is 2. The minimum Gasteiger partial charge on any atom is -0.505 e. The Morgan fingerprint density at radius 2 is 2.03 bits per heavy atom. The minimum absolute atomic E-state index is 0.163. The predicted molar refractivity (Wildman–Crippen MR) is 143 cm³/mol. The van der Waals surface area contributed by atoms with E-state index in [1.807, 2.05) is 51.2 Å². The van der Waals surface area contributed by atoms with E-state index in [9.17, 15) is 14.3 Å². The van der Waals surface area contributed by atoms with Crippen molar-refractivity contribution in [3.05, 3.63) is 53.1 Å². The molecule has 4 heterocycles. The number of fused-ring (bicyclic) bond motifs is 2. The largest absolute Gasteiger partial charge is 0.505 e. The van der Waals surface area contributed by atoms with Gasteiger partial charge in [0.05, 0.1) is 22.9 Å². The first-order valence-electron chi connectivity index (χ1n) is 13.0. The van der Waals surface area contributed by atoms with Crippen LogP contribution in [-0.2, 0) is 24.2 Å². The Morgan fingerprint density at radius 1 is 1.24 bits per heavy atom. The highest BCUT2D eigenvalue weighted by Crippen LogP contribution is 2.34. The molecule has 4 aromatic rings. The summed E-state index contributed by atoms with van der Waals surface area (Å²) in [7, 11) is 6.08. The van der Waals surface area contributed by atoms with Gasteiger partial charge in [-0.1, -0.05) is 13.0 Å². The molecule has 1 fully saturated rings. The van der Waals surface area contributed by atoms with E-state index in [1.165, 1.54) is 12.1 Å². The number of carbonyl (C=O) groups excluding carboxylic acids is 1. The van der Waals surface area contributed by atoms with Crippen molar-refractivity contribution in [1.29, 1.82) is 0 Å². The summed E-state index contributed by atoms with van der Waals surface area (Å²) >= 11 is 0. The van der Waals surface area contributed by atoms with Crippen molar-refractivity contribution in [3.8, 4) is 28.4 Å². The van der Waals surface area contributed by atoms with Crippen molar-refractivity contribution in [1.82, 2.24) is 34.9 Å². The summed E-state index contributed by atoms with van der Waals surface area (Å²) in [5.74, 6) is -0.153. The lowest BCUT2D eigenvalue weighted by molar-refractivity contribution is -0.144. The molecule has 6 rings (SSSR count). The average Bonchev–Trinajstić information content (AvgIpc) is 3.46. The van der Waals surface area contributed by atoms with E-state index in [0.29, 0.717) is 36.9 Å². The summed E-state index contributed by atoms with van der Waals surface area (Å²) in [6.45, 7) is 4.13. The van der Waals surface area contributed by atoms with Gasteiger partial charge in [-0.3, -0.25) is 14.8 Å². The van der Waals surface area contributed by atoms with Crippen molar-refractivity contribution in [3.63, 3.8) is 0 Å². The normalized spacial score (nSPS) is 18.3. The molecule has 3 N–H and O–H groups in total. The van der Waals surface area contributed by atoms with Crippen molar-refractivity contribution in [2.75, 3.05) is 34.2 Å². The highest BCUT2D eigenvalue weighted by Gasteiger charge is 2.39. The van der Waals surface area contributed by atoms with E-state index in [-0.39, 0.29) is 17.7 Å². The second-order valence-electron chi connectivity index (χ2n) is 10.7. The van der Waals surface area contributed by atoms with Gasteiger partial charge in [0.1, 0.15) is 5.69 Å². The van der Waals surface area contributed by atoms with Crippen LogP contribution in [0.25, 0.3) is 33.5 Å². The van der Waals surface area contributed by atoms with Crippen LogP contribution >= 0.6 is 0 Å². The zero-order chi connectivity index (χ0) is 26.7. The molecule has 0 bridgehead atoms. The fraction of sp³-hybridized carbons (Fsp3) is 0.393. The van der Waals surface area contributed by atoms with Gasteiger partial charge in [-0.2, -0.15) is 5.10 Å². The van der Waals surface area contributed by atoms with Gasteiger partial charge in [-0.25, -0.2) is 9.37 Å². The number of aromatic amines is 2. The molecule has 1 atom stereocenters. The Hall–Kier alpha value is -3.76. The summed E-state index contributed by atoms with van der Waals surface area (Å²) in [5.41, 5.74) is 5.86. The maximum Gasteiger partial charge on any atom is 0.240 e. The molecule has 0 radical (unpaired) electrons. The molecule has 2 aliphatic rings. The Balaban J connectivity index is 1.26. The number of phenolic OH excluding ortho intramolecular Hbond substituents is 1. The van der Waals surface area contributed by atoms with Gasteiger partial charge in [0.2, 0.25) is 5.91 Å². The van der Waals surface area contributed by atoms with Crippen molar-refractivity contribution >= 4 is 16.8 Å². The molecule has 0 saturated carbocycles. The first-order chi connectivity index (χ1) is 18.2. The van der Waals surface area contributed by atoms with E-state index in [2.05, 4.69) is 25.0 Å². The van der Waals surface area contributed by atoms with Crippen LogP contribution in [0.1, 0.15) is 23.9 Å². The molecule has 1 amide bonds. The number of hydrogen-bond acceptors (Lipinski definition) is 6. The molecule has 1 saturated heterocycles. The zero-order valence-corrected chi connectivity index (χ0v) is 22.0. The lowest BCUT2D eigenvalue weighted by Gasteiger charge is -2.45. The summed E-state index contributed by atoms with van der Waals surface area (Å²) in [4.78, 5) is 27.7. The van der Waals surface area contributed by atoms with Crippen LogP contribution in [-0.4, -0.2) is 92.2 Å². The summed E-state index contributed by atoms with van der Waals surface area (Å²) in [6.07, 6.45) is 1.22. The van der Waals surface area contributed by atoms with Crippen LogP contribution in [0.5, 0.6) is 5.75 Å². The summed E-state index contributed by atoms with van der Waals surface area (Å²) in [6, 6.07) is 8.90. The lowest BCUT2D eigenvalue weighted by atomic mass is 9.96. The summed E-state index contributed by atoms with van der Waals surface area (Å²) in [5, 5.41) is 18.3. The highest BCUT2D eigenvalue weighted by molar-refractivity contribution is 5.94. The number of amides is 1. The second kappa shape index (κ2) is 9.21. The number of aromatic nitrogens is 4. The molecule has 2 aliphatic heterocycles. The molecule has 10 heteroatoms. The number of halogens is 1. The third-order valence-electron chi connectivity index (χ3n) is 8.03.